The highest BCUT2D eigenvalue weighted by atomic mass is 31.1. The van der Waals surface area contributed by atoms with Crippen LogP contribution in [0.1, 0.15) is 32.6 Å². The van der Waals surface area contributed by atoms with Crippen molar-refractivity contribution in [2.75, 3.05) is 26.2 Å². The maximum Gasteiger partial charge on any atom is 0.252 e. The lowest BCUT2D eigenvalue weighted by Gasteiger charge is -2.23. The lowest BCUT2D eigenvalue weighted by atomic mass is 10.1. The van der Waals surface area contributed by atoms with Crippen molar-refractivity contribution in [2.45, 2.75) is 44.4 Å². The Labute approximate surface area is 132 Å². The molecule has 0 aromatic rings. The minimum atomic E-state index is -2.43. The van der Waals surface area contributed by atoms with Gasteiger partial charge in [0.25, 0.3) is 5.91 Å². The molecule has 0 aliphatic carbocycles. The van der Waals surface area contributed by atoms with Crippen molar-refractivity contribution >= 4 is 19.8 Å². The summed E-state index contributed by atoms with van der Waals surface area (Å²) < 4.78 is 12.1. The third-order valence-electron chi connectivity index (χ3n) is 3.44. The Morgan fingerprint density at radius 1 is 1.45 bits per heavy atom. The number of carbonyl (C=O) groups is 2. The average Bonchev–Trinajstić information content (AvgIpc) is 2.50. The highest BCUT2D eigenvalue weighted by Gasteiger charge is 2.29. The molecule has 128 valence electrons. The first-order chi connectivity index (χ1) is 10.6. The standard InChI is InChI=1S/C13H28N5O3P/c1-2-6-15-7-4-9-17-13(20)11(14)18-22(21)10-5-3-8-16-12(10)19/h10-11,15,22H,2-9,14H2,1H3,(H,16,19)(H,17,20)(H,18,21)/t10-,11?/m0/s1. The van der Waals surface area contributed by atoms with Crippen LogP contribution in [0.3, 0.4) is 0 Å². The SMILES string of the molecule is CCCNCCCNC(=O)C(N)N[PH](=O)[C@H]1CCCNC1=O. The molecule has 0 aromatic carbocycles. The number of hydrogen-bond donors (Lipinski definition) is 5. The molecule has 1 fully saturated rings. The molecule has 0 saturated carbocycles. The van der Waals surface area contributed by atoms with Crippen LogP contribution in [0.5, 0.6) is 0 Å². The molecule has 0 aromatic heterocycles. The molecule has 6 N–H and O–H groups in total. The van der Waals surface area contributed by atoms with Crippen molar-refractivity contribution < 1.29 is 14.2 Å². The molecule has 22 heavy (non-hydrogen) atoms. The molecule has 1 rings (SSSR count). The number of hydrogen-bond acceptors (Lipinski definition) is 5. The van der Waals surface area contributed by atoms with Crippen LogP contribution in [0.4, 0.5) is 0 Å². The van der Waals surface area contributed by atoms with Gasteiger partial charge in [0.1, 0.15) is 19.8 Å². The number of nitrogens with two attached hydrogens (primary N) is 1. The molecule has 3 atom stereocenters. The van der Waals surface area contributed by atoms with Crippen LogP contribution < -0.4 is 26.8 Å². The largest absolute Gasteiger partial charge is 0.355 e. The van der Waals surface area contributed by atoms with Crippen LogP contribution in [-0.4, -0.2) is 49.8 Å². The molecule has 8 nitrogen and oxygen atoms in total. The van der Waals surface area contributed by atoms with Crippen LogP contribution in [-0.2, 0) is 14.2 Å². The number of amides is 2. The van der Waals surface area contributed by atoms with Gasteiger partial charge in [-0.2, -0.15) is 0 Å². The minimum Gasteiger partial charge on any atom is -0.355 e. The van der Waals surface area contributed by atoms with Gasteiger partial charge in [0.2, 0.25) is 5.91 Å². The zero-order chi connectivity index (χ0) is 16.4. The Bertz CT molecular complexity index is 394. The van der Waals surface area contributed by atoms with Gasteiger partial charge in [-0.3, -0.25) is 9.59 Å². The van der Waals surface area contributed by atoms with E-state index >= 15 is 0 Å². The second-order valence-corrected chi connectivity index (χ2v) is 7.08. The summed E-state index contributed by atoms with van der Waals surface area (Å²) in [6.45, 7) is 5.00. The molecule has 0 radical (unpaired) electrons. The van der Waals surface area contributed by atoms with Gasteiger partial charge in [-0.15, -0.1) is 0 Å². The summed E-state index contributed by atoms with van der Waals surface area (Å²) >= 11 is 0. The summed E-state index contributed by atoms with van der Waals surface area (Å²) in [5, 5.41) is 11.2. The topological polar surface area (TPSA) is 125 Å². The molecule has 0 spiro atoms. The fraction of sp³-hybridized carbons (Fsp3) is 0.846. The number of nitrogens with one attached hydrogen (secondary N) is 4. The third kappa shape index (κ3) is 6.87. The molecule has 9 heteroatoms. The molecule has 1 saturated heterocycles. The average molecular weight is 333 g/mol. The van der Waals surface area contributed by atoms with E-state index < -0.39 is 25.7 Å². The van der Waals surface area contributed by atoms with Gasteiger partial charge in [-0.05, 0) is 38.8 Å². The van der Waals surface area contributed by atoms with Gasteiger partial charge in [0.15, 0.2) is 0 Å². The highest BCUT2D eigenvalue weighted by Crippen LogP contribution is 2.29. The van der Waals surface area contributed by atoms with E-state index in [2.05, 4.69) is 28.0 Å². The fourth-order valence-corrected chi connectivity index (χ4v) is 3.62. The molecule has 2 amide bonds. The Morgan fingerprint density at radius 2 is 2.23 bits per heavy atom. The monoisotopic (exact) mass is 333 g/mol. The molecular weight excluding hydrogens is 305 g/mol. The quantitative estimate of drug-likeness (QED) is 0.201. The van der Waals surface area contributed by atoms with Crippen LogP contribution in [0.15, 0.2) is 0 Å². The maximum atomic E-state index is 12.1. The number of carbonyl (C=O) groups excluding carboxylic acids is 2. The Hall–Kier alpha value is -0.950. The molecular formula is C13H28N5O3P. The summed E-state index contributed by atoms with van der Waals surface area (Å²) in [6.07, 6.45) is 2.18. The predicted octanol–water partition coefficient (Wildman–Crippen LogP) is -0.880. The summed E-state index contributed by atoms with van der Waals surface area (Å²) in [6, 6.07) is 0. The van der Waals surface area contributed by atoms with Gasteiger partial charge in [0.05, 0.1) is 0 Å². The summed E-state index contributed by atoms with van der Waals surface area (Å²) in [4.78, 5) is 23.4. The maximum absolute atomic E-state index is 12.1. The van der Waals surface area contributed by atoms with Crippen molar-refractivity contribution in [3.8, 4) is 0 Å². The lowest BCUT2D eigenvalue weighted by molar-refractivity contribution is -0.123. The molecule has 1 aliphatic rings. The van der Waals surface area contributed by atoms with Crippen LogP contribution in [0.2, 0.25) is 0 Å². The van der Waals surface area contributed by atoms with E-state index in [4.69, 9.17) is 5.73 Å². The van der Waals surface area contributed by atoms with Crippen molar-refractivity contribution in [1.82, 2.24) is 21.0 Å². The van der Waals surface area contributed by atoms with Crippen molar-refractivity contribution in [1.29, 1.82) is 0 Å². The van der Waals surface area contributed by atoms with E-state index in [0.29, 0.717) is 19.5 Å². The second-order valence-electron chi connectivity index (χ2n) is 5.37. The Kier molecular flexibility index (Phi) is 9.31. The summed E-state index contributed by atoms with van der Waals surface area (Å²) in [7, 11) is -2.43. The van der Waals surface area contributed by atoms with Gasteiger partial charge in [0, 0.05) is 13.1 Å². The van der Waals surface area contributed by atoms with E-state index in [-0.39, 0.29) is 5.91 Å². The second kappa shape index (κ2) is 10.7. The van der Waals surface area contributed by atoms with Gasteiger partial charge in [-0.25, -0.2) is 5.09 Å². The van der Waals surface area contributed by atoms with Crippen molar-refractivity contribution in [3.05, 3.63) is 0 Å². The Morgan fingerprint density at radius 3 is 2.91 bits per heavy atom. The van der Waals surface area contributed by atoms with Gasteiger partial charge in [-0.1, -0.05) is 6.92 Å². The van der Waals surface area contributed by atoms with E-state index in [9.17, 15) is 14.2 Å². The number of rotatable bonds is 10. The smallest absolute Gasteiger partial charge is 0.252 e. The van der Waals surface area contributed by atoms with Crippen molar-refractivity contribution in [3.63, 3.8) is 0 Å². The molecule has 1 aliphatic heterocycles. The van der Waals surface area contributed by atoms with E-state index in [0.717, 1.165) is 32.4 Å². The summed E-state index contributed by atoms with van der Waals surface area (Å²) in [5.74, 6) is -0.623. The van der Waals surface area contributed by atoms with Gasteiger partial charge < -0.3 is 26.2 Å². The van der Waals surface area contributed by atoms with Gasteiger partial charge >= 0.3 is 0 Å². The van der Waals surface area contributed by atoms with Crippen LogP contribution >= 0.6 is 7.95 Å². The zero-order valence-electron chi connectivity index (χ0n) is 13.1. The van der Waals surface area contributed by atoms with Crippen LogP contribution in [0.25, 0.3) is 0 Å². The van der Waals surface area contributed by atoms with E-state index in [1.165, 1.54) is 0 Å². The third-order valence-corrected chi connectivity index (χ3v) is 5.22. The predicted molar refractivity (Wildman–Crippen MR) is 86.9 cm³/mol. The number of piperidine rings is 1. The first kappa shape index (κ1) is 19.1. The van der Waals surface area contributed by atoms with Crippen molar-refractivity contribution in [2.24, 2.45) is 5.73 Å². The first-order valence-electron chi connectivity index (χ1n) is 7.88. The fourth-order valence-electron chi connectivity index (χ4n) is 2.18. The zero-order valence-corrected chi connectivity index (χ0v) is 14.1. The summed E-state index contributed by atoms with van der Waals surface area (Å²) in [5.41, 5.74) is 5.11. The lowest BCUT2D eigenvalue weighted by Crippen LogP contribution is -2.50. The molecule has 0 bridgehead atoms. The molecule has 2 unspecified atom stereocenters. The first-order valence-corrected chi connectivity index (χ1v) is 9.37. The minimum absolute atomic E-state index is 0.225. The van der Waals surface area contributed by atoms with E-state index in [1.54, 1.807) is 0 Å². The normalized spacial score (nSPS) is 21.0. The Balaban J connectivity index is 2.22. The highest BCUT2D eigenvalue weighted by molar-refractivity contribution is 7.44. The van der Waals surface area contributed by atoms with E-state index in [1.807, 2.05) is 0 Å². The molecule has 1 heterocycles. The van der Waals surface area contributed by atoms with Crippen LogP contribution in [0, 0.1) is 0 Å².